The Balaban J connectivity index is 2.19. The monoisotopic (exact) mass is 306 g/mol. The van der Waals surface area contributed by atoms with Crippen molar-refractivity contribution in [1.29, 1.82) is 0 Å². The molecule has 0 saturated carbocycles. The first-order chi connectivity index (χ1) is 10.1. The lowest BCUT2D eigenvalue weighted by Gasteiger charge is -2.10. The van der Waals surface area contributed by atoms with Gasteiger partial charge in [0.05, 0.1) is 7.11 Å². The molecule has 1 heterocycles. The van der Waals surface area contributed by atoms with E-state index in [1.165, 1.54) is 6.08 Å². The Labute approximate surface area is 127 Å². The van der Waals surface area contributed by atoms with Gasteiger partial charge in [0, 0.05) is 29.5 Å². The molecule has 2 aromatic rings. The number of nitrogens with one attached hydrogen (secondary N) is 1. The normalized spacial score (nSPS) is 10.8. The third-order valence-corrected chi connectivity index (χ3v) is 3.33. The molecule has 1 aromatic heterocycles. The molecule has 0 radical (unpaired) electrons. The van der Waals surface area contributed by atoms with E-state index >= 15 is 0 Å². The number of carbonyl (C=O) groups excluding carboxylic acids is 1. The van der Waals surface area contributed by atoms with E-state index in [-0.39, 0.29) is 0 Å². The zero-order chi connectivity index (χ0) is 15.2. The lowest BCUT2D eigenvalue weighted by molar-refractivity contribution is -0.124. The minimum atomic E-state index is -0.578. The molecule has 5 nitrogen and oxygen atoms in total. The van der Waals surface area contributed by atoms with Crippen LogP contribution >= 0.6 is 11.6 Å². The molecule has 2 rings (SSSR count). The second kappa shape index (κ2) is 6.97. The van der Waals surface area contributed by atoms with E-state index in [0.29, 0.717) is 17.3 Å². The highest BCUT2D eigenvalue weighted by Gasteiger charge is 2.05. The summed E-state index contributed by atoms with van der Waals surface area (Å²) < 4.78 is 7.06. The summed E-state index contributed by atoms with van der Waals surface area (Å²) in [5.74, 6) is 0.126. The van der Waals surface area contributed by atoms with Gasteiger partial charge < -0.3 is 9.30 Å². The Kier molecular flexibility index (Phi) is 5.03. The fourth-order valence-corrected chi connectivity index (χ4v) is 2.12. The molecule has 110 valence electrons. The molecule has 21 heavy (non-hydrogen) atoms. The number of halogens is 1. The predicted molar refractivity (Wildman–Crippen MR) is 80.5 cm³/mol. The minimum absolute atomic E-state index is 0.566. The van der Waals surface area contributed by atoms with Crippen molar-refractivity contribution in [2.24, 2.45) is 0 Å². The highest BCUT2D eigenvalue weighted by atomic mass is 35.5. The van der Waals surface area contributed by atoms with Crippen LogP contribution in [0.5, 0.6) is 5.75 Å². The number of amides is 1. The molecule has 0 unspecified atom stereocenters. The first-order valence-corrected chi connectivity index (χ1v) is 6.61. The maximum atomic E-state index is 11.0. The van der Waals surface area contributed by atoms with Gasteiger partial charge in [-0.2, -0.15) is 0 Å². The van der Waals surface area contributed by atoms with Crippen LogP contribution in [0.15, 0.2) is 42.6 Å². The summed E-state index contributed by atoms with van der Waals surface area (Å²) in [5.41, 5.74) is 3.31. The number of methoxy groups -OCH3 is 1. The van der Waals surface area contributed by atoms with Crippen molar-refractivity contribution >= 4 is 23.6 Å². The van der Waals surface area contributed by atoms with Crippen LogP contribution in [0.2, 0.25) is 5.02 Å². The van der Waals surface area contributed by atoms with Crippen LogP contribution < -0.4 is 10.2 Å². The van der Waals surface area contributed by atoms with Crippen LogP contribution in [-0.2, 0) is 11.3 Å². The summed E-state index contributed by atoms with van der Waals surface area (Å²) in [6.45, 7) is 0.566. The van der Waals surface area contributed by atoms with E-state index < -0.39 is 5.91 Å². The van der Waals surface area contributed by atoms with Gasteiger partial charge in [-0.25, -0.2) is 5.48 Å². The second-order valence-electron chi connectivity index (χ2n) is 4.33. The number of ether oxygens (including phenoxy) is 1. The van der Waals surface area contributed by atoms with Crippen molar-refractivity contribution in [2.75, 3.05) is 7.11 Å². The van der Waals surface area contributed by atoms with Crippen molar-refractivity contribution in [3.05, 3.63) is 58.9 Å². The number of benzene rings is 1. The number of hydrogen-bond donors (Lipinski definition) is 2. The lowest BCUT2D eigenvalue weighted by Crippen LogP contribution is -2.15. The summed E-state index contributed by atoms with van der Waals surface area (Å²) in [5, 5.41) is 9.08. The van der Waals surface area contributed by atoms with E-state index in [0.717, 1.165) is 11.3 Å². The Morgan fingerprint density at radius 2 is 2.29 bits per heavy atom. The van der Waals surface area contributed by atoms with Crippen LogP contribution in [0.4, 0.5) is 0 Å². The Morgan fingerprint density at radius 1 is 1.48 bits per heavy atom. The van der Waals surface area contributed by atoms with E-state index in [9.17, 15) is 4.79 Å². The van der Waals surface area contributed by atoms with Crippen molar-refractivity contribution in [2.45, 2.75) is 6.54 Å². The minimum Gasteiger partial charge on any atom is -0.497 e. The Morgan fingerprint density at radius 3 is 2.95 bits per heavy atom. The Bertz CT molecular complexity index is 665. The standard InChI is InChI=1S/C15H15ClN2O3/c1-21-13-6-4-11(14(16)9-13)10-18-8-2-3-12(18)5-7-15(19)17-20/h2-9,20H,10H2,1H3,(H,17,19)/b7-5+. The van der Waals surface area contributed by atoms with Gasteiger partial charge in [0.2, 0.25) is 0 Å². The number of hydrogen-bond acceptors (Lipinski definition) is 3. The zero-order valence-electron chi connectivity index (χ0n) is 11.4. The highest BCUT2D eigenvalue weighted by Crippen LogP contribution is 2.23. The quantitative estimate of drug-likeness (QED) is 0.507. The summed E-state index contributed by atoms with van der Waals surface area (Å²) >= 11 is 6.22. The molecular weight excluding hydrogens is 292 g/mol. The summed E-state index contributed by atoms with van der Waals surface area (Å²) in [6.07, 6.45) is 4.75. The number of rotatable bonds is 5. The van der Waals surface area contributed by atoms with Crippen molar-refractivity contribution in [3.8, 4) is 5.75 Å². The molecule has 2 N–H and O–H groups in total. The molecule has 0 saturated heterocycles. The maximum absolute atomic E-state index is 11.0. The molecule has 0 atom stereocenters. The summed E-state index contributed by atoms with van der Waals surface area (Å²) in [7, 11) is 1.59. The van der Waals surface area contributed by atoms with Crippen LogP contribution in [0.1, 0.15) is 11.3 Å². The van der Waals surface area contributed by atoms with Crippen LogP contribution in [0.3, 0.4) is 0 Å². The molecule has 0 bridgehead atoms. The SMILES string of the molecule is COc1ccc(Cn2cccc2/C=C/C(=O)NO)c(Cl)c1. The van der Waals surface area contributed by atoms with Crippen molar-refractivity contribution in [3.63, 3.8) is 0 Å². The Hall–Kier alpha value is -2.24. The molecule has 0 fully saturated rings. The van der Waals surface area contributed by atoms with Gasteiger partial charge in [0.1, 0.15) is 5.75 Å². The summed E-state index contributed by atoms with van der Waals surface area (Å²) in [4.78, 5) is 11.0. The predicted octanol–water partition coefficient (Wildman–Crippen LogP) is 2.72. The largest absolute Gasteiger partial charge is 0.497 e. The van der Waals surface area contributed by atoms with Gasteiger partial charge in [-0.3, -0.25) is 10.0 Å². The summed E-state index contributed by atoms with van der Waals surface area (Å²) in [6, 6.07) is 9.23. The number of nitrogens with zero attached hydrogens (tertiary/aromatic N) is 1. The van der Waals surface area contributed by atoms with Gasteiger partial charge >= 0.3 is 0 Å². The van der Waals surface area contributed by atoms with E-state index in [1.807, 2.05) is 35.0 Å². The number of carbonyl (C=O) groups is 1. The maximum Gasteiger partial charge on any atom is 0.267 e. The molecule has 1 aromatic carbocycles. The fraction of sp³-hybridized carbons (Fsp3) is 0.133. The molecule has 0 aliphatic heterocycles. The van der Waals surface area contributed by atoms with Gasteiger partial charge in [-0.1, -0.05) is 17.7 Å². The topological polar surface area (TPSA) is 63.5 Å². The molecule has 0 aliphatic rings. The third-order valence-electron chi connectivity index (χ3n) is 2.98. The highest BCUT2D eigenvalue weighted by molar-refractivity contribution is 6.31. The van der Waals surface area contributed by atoms with Crippen molar-refractivity contribution < 1.29 is 14.7 Å². The molecule has 0 aliphatic carbocycles. The number of aromatic nitrogens is 1. The smallest absolute Gasteiger partial charge is 0.267 e. The van der Waals surface area contributed by atoms with Gasteiger partial charge in [0.15, 0.2) is 0 Å². The van der Waals surface area contributed by atoms with Gasteiger partial charge in [0.25, 0.3) is 5.91 Å². The van der Waals surface area contributed by atoms with Crippen molar-refractivity contribution in [1.82, 2.24) is 10.0 Å². The molecule has 1 amide bonds. The van der Waals surface area contributed by atoms with Crippen LogP contribution in [0, 0.1) is 0 Å². The average molecular weight is 307 g/mol. The van der Waals surface area contributed by atoms with E-state index in [1.54, 1.807) is 24.7 Å². The molecule has 0 spiro atoms. The second-order valence-corrected chi connectivity index (χ2v) is 4.73. The average Bonchev–Trinajstić information content (AvgIpc) is 2.94. The van der Waals surface area contributed by atoms with E-state index in [2.05, 4.69) is 0 Å². The van der Waals surface area contributed by atoms with E-state index in [4.69, 9.17) is 21.5 Å². The van der Waals surface area contributed by atoms with Gasteiger partial charge in [-0.15, -0.1) is 0 Å². The molecule has 6 heteroatoms. The van der Waals surface area contributed by atoms with Crippen LogP contribution in [-0.4, -0.2) is 22.8 Å². The zero-order valence-corrected chi connectivity index (χ0v) is 12.2. The first-order valence-electron chi connectivity index (χ1n) is 6.23. The fourth-order valence-electron chi connectivity index (χ4n) is 1.89. The lowest BCUT2D eigenvalue weighted by atomic mass is 10.2. The third kappa shape index (κ3) is 3.87. The van der Waals surface area contributed by atoms with Gasteiger partial charge in [-0.05, 0) is 35.9 Å². The first kappa shape index (κ1) is 15.2. The molecular formula is C15H15ClN2O3. The van der Waals surface area contributed by atoms with Crippen LogP contribution in [0.25, 0.3) is 6.08 Å². The number of hydroxylamine groups is 1.